The second kappa shape index (κ2) is 14.1. The third kappa shape index (κ3) is 7.56. The molecule has 3 aromatic rings. The van der Waals surface area contributed by atoms with Gasteiger partial charge in [0.05, 0.1) is 19.5 Å². The van der Waals surface area contributed by atoms with E-state index in [0.29, 0.717) is 30.6 Å². The second-order valence-corrected chi connectivity index (χ2v) is 12.2. The van der Waals surface area contributed by atoms with Crippen molar-refractivity contribution >= 4 is 36.5 Å². The number of aliphatic imine (C=N–C) groups is 1. The van der Waals surface area contributed by atoms with Crippen molar-refractivity contribution in [2.24, 2.45) is 16.5 Å². The van der Waals surface area contributed by atoms with Crippen LogP contribution in [0, 0.1) is 0 Å². The Balaban J connectivity index is 1.34. The van der Waals surface area contributed by atoms with E-state index in [2.05, 4.69) is 30.0 Å². The third-order valence-corrected chi connectivity index (χ3v) is 9.02. The SMILES string of the molecule is NC(N)=NCCCCNP(=O)(OC1CC(n2ccc(N)nc2=O)OC1CO)OC1CC(n2cnc3c(N)ncnc32)OC1CO. The topological polar surface area (TPSA) is 301 Å². The fraction of sp³-hybridized carbons (Fsp3) is 0.583. The van der Waals surface area contributed by atoms with Crippen LogP contribution < -0.4 is 33.7 Å². The summed E-state index contributed by atoms with van der Waals surface area (Å²) in [6.45, 7) is -0.404. The number of nitrogens with two attached hydrogens (primary N) is 4. The van der Waals surface area contributed by atoms with Crippen molar-refractivity contribution in [2.45, 2.75) is 62.6 Å². The Kier molecular flexibility index (Phi) is 10.2. The van der Waals surface area contributed by atoms with Crippen LogP contribution in [0.15, 0.2) is 34.7 Å². The maximum atomic E-state index is 14.3. The van der Waals surface area contributed by atoms with Gasteiger partial charge in [0.1, 0.15) is 54.5 Å². The van der Waals surface area contributed by atoms with Crippen LogP contribution in [0.25, 0.3) is 11.2 Å². The van der Waals surface area contributed by atoms with Gasteiger partial charge in [-0.15, -0.1) is 0 Å². The molecule has 11 N–H and O–H groups in total. The summed E-state index contributed by atoms with van der Waals surface area (Å²) >= 11 is 0. The predicted molar refractivity (Wildman–Crippen MR) is 159 cm³/mol. The minimum absolute atomic E-state index is 0.0334. The Morgan fingerprint density at radius 1 is 1.04 bits per heavy atom. The number of ether oxygens (including phenoxy) is 2. The molecule has 45 heavy (non-hydrogen) atoms. The molecule has 0 bridgehead atoms. The smallest absolute Gasteiger partial charge is 0.394 e. The summed E-state index contributed by atoms with van der Waals surface area (Å²) in [5, 5.41) is 23.0. The molecule has 2 aliphatic rings. The second-order valence-electron chi connectivity index (χ2n) is 10.4. The van der Waals surface area contributed by atoms with Crippen LogP contribution in [-0.2, 0) is 23.1 Å². The van der Waals surface area contributed by atoms with E-state index in [1.807, 2.05) is 0 Å². The van der Waals surface area contributed by atoms with Crippen molar-refractivity contribution in [3.05, 3.63) is 35.4 Å². The van der Waals surface area contributed by atoms with Gasteiger partial charge in [-0.25, -0.2) is 29.4 Å². The molecule has 2 aliphatic heterocycles. The molecule has 2 fully saturated rings. The summed E-state index contributed by atoms with van der Waals surface area (Å²) in [7, 11) is -4.19. The molecule has 21 heteroatoms. The van der Waals surface area contributed by atoms with Gasteiger partial charge in [0.25, 0.3) is 0 Å². The van der Waals surface area contributed by atoms with Crippen molar-refractivity contribution in [2.75, 3.05) is 37.8 Å². The van der Waals surface area contributed by atoms with Crippen LogP contribution in [0.5, 0.6) is 0 Å². The van der Waals surface area contributed by atoms with E-state index in [1.165, 1.54) is 29.5 Å². The van der Waals surface area contributed by atoms with Crippen LogP contribution in [-0.4, -0.2) is 96.0 Å². The largest absolute Gasteiger partial charge is 0.406 e. The molecule has 20 nitrogen and oxygen atoms in total. The van der Waals surface area contributed by atoms with E-state index in [4.69, 9.17) is 41.5 Å². The van der Waals surface area contributed by atoms with Gasteiger partial charge >= 0.3 is 13.4 Å². The zero-order chi connectivity index (χ0) is 32.1. The molecular formula is C24H37N12O8P. The summed E-state index contributed by atoms with van der Waals surface area (Å²) in [4.78, 5) is 32.5. The number of aromatic nitrogens is 6. The van der Waals surface area contributed by atoms with Gasteiger partial charge in [-0.3, -0.25) is 23.2 Å². The van der Waals surface area contributed by atoms with Gasteiger partial charge in [-0.1, -0.05) is 0 Å². The summed E-state index contributed by atoms with van der Waals surface area (Å²) in [6, 6.07) is 1.43. The average molecular weight is 653 g/mol. The molecule has 0 spiro atoms. The normalized spacial score (nSPS) is 26.3. The minimum Gasteiger partial charge on any atom is -0.394 e. The number of unbranched alkanes of at least 4 members (excludes halogenated alkanes) is 1. The van der Waals surface area contributed by atoms with Crippen molar-refractivity contribution < 1.29 is 33.3 Å². The molecule has 3 aromatic heterocycles. The monoisotopic (exact) mass is 652 g/mol. The van der Waals surface area contributed by atoms with E-state index in [0.717, 1.165) is 0 Å². The zero-order valence-electron chi connectivity index (χ0n) is 24.2. The number of nitrogen functional groups attached to an aromatic ring is 2. The number of anilines is 2. The Hall–Kier alpha value is -3.75. The standard InChI is InChI=1S/C24H37N12O8P/c25-17-3-6-35(24(39)34-17)18-7-13(15(9-37)41-18)43-45(40,33-5-2-1-4-29-23(27)28)44-14-8-19(42-16(14)10-38)36-12-32-20-21(26)30-11-31-22(20)36/h3,6,11-16,18-19,37-38H,1-2,4-5,7-10H2,(H,33,40)(H2,25,34,39)(H2,26,30,31)(H4,27,28,29). The van der Waals surface area contributed by atoms with E-state index in [1.54, 1.807) is 4.57 Å². The molecule has 2 saturated heterocycles. The zero-order valence-corrected chi connectivity index (χ0v) is 25.1. The van der Waals surface area contributed by atoms with Gasteiger partial charge in [0, 0.05) is 32.1 Å². The van der Waals surface area contributed by atoms with Crippen LogP contribution >= 0.6 is 7.75 Å². The van der Waals surface area contributed by atoms with Gasteiger partial charge in [0.2, 0.25) is 0 Å². The highest BCUT2D eigenvalue weighted by atomic mass is 31.2. The first-order chi connectivity index (χ1) is 21.6. The maximum absolute atomic E-state index is 14.3. The first-order valence-electron chi connectivity index (χ1n) is 14.2. The Morgan fingerprint density at radius 3 is 2.33 bits per heavy atom. The Labute approximate surface area is 256 Å². The summed E-state index contributed by atoms with van der Waals surface area (Å²) in [5.74, 6) is 0.197. The number of nitrogens with zero attached hydrogens (tertiary/aromatic N) is 7. The molecule has 5 rings (SSSR count). The fourth-order valence-electron chi connectivity index (χ4n) is 5.13. The fourth-order valence-corrected chi connectivity index (χ4v) is 6.92. The summed E-state index contributed by atoms with van der Waals surface area (Å²) in [6.07, 6.45) is 0.129. The number of aliphatic hydroxyl groups is 2. The highest BCUT2D eigenvalue weighted by molar-refractivity contribution is 7.51. The number of aliphatic hydroxyl groups excluding tert-OH is 2. The van der Waals surface area contributed by atoms with Crippen molar-refractivity contribution in [3.63, 3.8) is 0 Å². The first-order valence-corrected chi connectivity index (χ1v) is 15.7. The van der Waals surface area contributed by atoms with Crippen LogP contribution in [0.1, 0.15) is 38.1 Å². The maximum Gasteiger partial charge on any atom is 0.406 e. The number of hydrogen-bond donors (Lipinski definition) is 7. The number of guanidine groups is 1. The lowest BCUT2D eigenvalue weighted by Gasteiger charge is -2.28. The molecule has 0 radical (unpaired) electrons. The number of rotatable bonds is 14. The van der Waals surface area contributed by atoms with Crippen LogP contribution in [0.4, 0.5) is 11.6 Å². The molecule has 0 aromatic carbocycles. The van der Waals surface area contributed by atoms with Crippen LogP contribution in [0.3, 0.4) is 0 Å². The highest BCUT2D eigenvalue weighted by Crippen LogP contribution is 2.52. The van der Waals surface area contributed by atoms with Crippen molar-refractivity contribution in [1.29, 1.82) is 0 Å². The molecule has 246 valence electrons. The van der Waals surface area contributed by atoms with E-state index >= 15 is 0 Å². The van der Waals surface area contributed by atoms with Crippen molar-refractivity contribution in [3.8, 4) is 0 Å². The molecule has 0 aliphatic carbocycles. The number of hydrogen-bond acceptors (Lipinski definition) is 15. The minimum atomic E-state index is -4.19. The van der Waals surface area contributed by atoms with Gasteiger partial charge < -0.3 is 42.6 Å². The predicted octanol–water partition coefficient (Wildman–Crippen LogP) is -1.67. The summed E-state index contributed by atoms with van der Waals surface area (Å²) in [5.41, 5.74) is 22.4. The van der Waals surface area contributed by atoms with Gasteiger partial charge in [-0.05, 0) is 18.9 Å². The van der Waals surface area contributed by atoms with Gasteiger partial charge in [0.15, 0.2) is 17.4 Å². The lowest BCUT2D eigenvalue weighted by atomic mass is 10.2. The Bertz CT molecular complexity index is 1600. The molecule has 0 amide bonds. The lowest BCUT2D eigenvalue weighted by molar-refractivity contribution is -0.0516. The third-order valence-electron chi connectivity index (χ3n) is 7.31. The number of imidazole rings is 1. The Morgan fingerprint density at radius 2 is 1.71 bits per heavy atom. The number of nitrogens with one attached hydrogen (secondary N) is 1. The molecule has 7 unspecified atom stereocenters. The first kappa shape index (κ1) is 32.6. The van der Waals surface area contributed by atoms with E-state index < -0.39 is 63.5 Å². The highest BCUT2D eigenvalue weighted by Gasteiger charge is 2.46. The quantitative estimate of drug-likeness (QED) is 0.0443. The lowest BCUT2D eigenvalue weighted by Crippen LogP contribution is -2.33. The molecule has 0 saturated carbocycles. The van der Waals surface area contributed by atoms with Crippen LogP contribution in [0.2, 0.25) is 0 Å². The summed E-state index contributed by atoms with van der Waals surface area (Å²) < 4.78 is 41.2. The molecular weight excluding hydrogens is 615 g/mol. The molecule has 7 atom stereocenters. The van der Waals surface area contributed by atoms with Crippen molar-refractivity contribution in [1.82, 2.24) is 34.2 Å². The van der Waals surface area contributed by atoms with Gasteiger partial charge in [-0.2, -0.15) is 4.98 Å². The van der Waals surface area contributed by atoms with E-state index in [9.17, 15) is 19.6 Å². The molecule has 5 heterocycles. The number of fused-ring (bicyclic) bond motifs is 1. The average Bonchev–Trinajstić information content (AvgIpc) is 3.71. The van der Waals surface area contributed by atoms with E-state index in [-0.39, 0.29) is 37.0 Å².